The monoisotopic (exact) mass is 544 g/mol. The first-order valence-corrected chi connectivity index (χ1v) is 13.7. The molecule has 2 N–H and O–H groups in total. The van der Waals surface area contributed by atoms with E-state index in [-0.39, 0.29) is 11.5 Å². The molecule has 1 unspecified atom stereocenters. The largest absolute Gasteiger partial charge is 0.481 e. The Morgan fingerprint density at radius 2 is 1.95 bits per heavy atom. The van der Waals surface area contributed by atoms with Crippen LogP contribution in [0.25, 0.3) is 22.4 Å². The standard InChI is InChI=1S/C31H33ClN4O3/c1-5-8-21-20(9-7-12-25(21)34-29(37)24-15-16-33-36(3)31(24)38)22-10-6-11-23(28(22)32)26-17-19-14-13-18(2)27(19)30(35-26)39-4/h6-7,9-12,15,17-18,33H,5,8,13-14,16H2,1-4H3,(H,34,37). The number of nitrogens with one attached hydrogen (secondary N) is 2. The summed E-state index contributed by atoms with van der Waals surface area (Å²) in [6.45, 7) is 4.71. The lowest BCUT2D eigenvalue weighted by Gasteiger charge is -2.24. The maximum Gasteiger partial charge on any atom is 0.273 e. The van der Waals surface area contributed by atoms with Crippen molar-refractivity contribution >= 4 is 29.1 Å². The molecule has 202 valence electrons. The Hall–Kier alpha value is -3.68. The van der Waals surface area contributed by atoms with Gasteiger partial charge in [-0.15, -0.1) is 0 Å². The second kappa shape index (κ2) is 11.2. The second-order valence-electron chi connectivity index (χ2n) is 10.1. The van der Waals surface area contributed by atoms with Crippen LogP contribution >= 0.6 is 11.6 Å². The summed E-state index contributed by atoms with van der Waals surface area (Å²) in [6.07, 6.45) is 5.28. The van der Waals surface area contributed by atoms with Crippen LogP contribution in [0.3, 0.4) is 0 Å². The first kappa shape index (κ1) is 26.9. The zero-order valence-corrected chi connectivity index (χ0v) is 23.5. The minimum Gasteiger partial charge on any atom is -0.481 e. The van der Waals surface area contributed by atoms with Crippen molar-refractivity contribution in [1.29, 1.82) is 0 Å². The summed E-state index contributed by atoms with van der Waals surface area (Å²) in [5.74, 6) is 0.294. The third-order valence-corrected chi connectivity index (χ3v) is 7.95. The quantitative estimate of drug-likeness (QED) is 0.361. The molecular formula is C31H33ClN4O3. The molecule has 39 heavy (non-hydrogen) atoms. The number of carbonyl (C=O) groups is 2. The highest BCUT2D eigenvalue weighted by Gasteiger charge is 2.27. The Kier molecular flexibility index (Phi) is 7.73. The Labute approximate surface area is 234 Å². The molecule has 1 aromatic heterocycles. The van der Waals surface area contributed by atoms with Crippen molar-refractivity contribution < 1.29 is 14.3 Å². The molecule has 2 aliphatic rings. The SMILES string of the molecule is CCCc1c(NC(=O)C2=CCNN(C)C2=O)cccc1-c1cccc(-c2cc3c(c(OC)n2)C(C)CC3)c1Cl. The van der Waals surface area contributed by atoms with E-state index in [4.69, 9.17) is 21.3 Å². The summed E-state index contributed by atoms with van der Waals surface area (Å²) in [4.78, 5) is 30.5. The van der Waals surface area contributed by atoms with Gasteiger partial charge >= 0.3 is 0 Å². The fourth-order valence-corrected chi connectivity index (χ4v) is 5.87. The van der Waals surface area contributed by atoms with Crippen LogP contribution in [0.4, 0.5) is 5.69 Å². The minimum absolute atomic E-state index is 0.120. The van der Waals surface area contributed by atoms with Crippen LogP contribution in [0.5, 0.6) is 5.88 Å². The van der Waals surface area contributed by atoms with Gasteiger partial charge in [-0.3, -0.25) is 14.6 Å². The van der Waals surface area contributed by atoms with Crippen molar-refractivity contribution in [2.24, 2.45) is 0 Å². The molecule has 3 aromatic rings. The van der Waals surface area contributed by atoms with E-state index in [1.54, 1.807) is 20.2 Å². The van der Waals surface area contributed by atoms with Crippen LogP contribution in [0, 0.1) is 0 Å². The number of carbonyl (C=O) groups excluding carboxylic acids is 2. The van der Waals surface area contributed by atoms with Gasteiger partial charge < -0.3 is 10.1 Å². The molecule has 0 radical (unpaired) electrons. The zero-order chi connectivity index (χ0) is 27.7. The summed E-state index contributed by atoms with van der Waals surface area (Å²) >= 11 is 7.11. The summed E-state index contributed by atoms with van der Waals surface area (Å²) in [7, 11) is 3.27. The van der Waals surface area contributed by atoms with Crippen molar-refractivity contribution in [2.75, 3.05) is 26.0 Å². The van der Waals surface area contributed by atoms with E-state index in [0.29, 0.717) is 29.1 Å². The predicted octanol–water partition coefficient (Wildman–Crippen LogP) is 5.92. The number of fused-ring (bicyclic) bond motifs is 1. The van der Waals surface area contributed by atoms with Crippen molar-refractivity contribution in [3.8, 4) is 28.3 Å². The highest BCUT2D eigenvalue weighted by atomic mass is 35.5. The number of methoxy groups -OCH3 is 1. The molecule has 5 rings (SSSR count). The van der Waals surface area contributed by atoms with Gasteiger partial charge in [0, 0.05) is 36.0 Å². The molecule has 0 saturated carbocycles. The van der Waals surface area contributed by atoms with Gasteiger partial charge in [0.15, 0.2) is 0 Å². The predicted molar refractivity (Wildman–Crippen MR) is 155 cm³/mol. The number of aryl methyl sites for hydroxylation is 1. The van der Waals surface area contributed by atoms with E-state index in [0.717, 1.165) is 53.6 Å². The van der Waals surface area contributed by atoms with Crippen LogP contribution in [0.2, 0.25) is 5.02 Å². The Morgan fingerprint density at radius 3 is 2.72 bits per heavy atom. The summed E-state index contributed by atoms with van der Waals surface area (Å²) in [6, 6.07) is 13.9. The van der Waals surface area contributed by atoms with Crippen LogP contribution in [0.15, 0.2) is 54.1 Å². The molecule has 0 spiro atoms. The van der Waals surface area contributed by atoms with Crippen molar-refractivity contribution in [1.82, 2.24) is 15.4 Å². The Balaban J connectivity index is 1.55. The van der Waals surface area contributed by atoms with E-state index >= 15 is 0 Å². The average molecular weight is 545 g/mol. The second-order valence-corrected chi connectivity index (χ2v) is 10.5. The van der Waals surface area contributed by atoms with E-state index in [2.05, 4.69) is 30.7 Å². The molecule has 2 heterocycles. The highest BCUT2D eigenvalue weighted by molar-refractivity contribution is 6.36. The van der Waals surface area contributed by atoms with Crippen LogP contribution in [-0.4, -0.2) is 42.5 Å². The molecule has 1 aliphatic heterocycles. The van der Waals surface area contributed by atoms with Crippen molar-refractivity contribution in [2.45, 2.75) is 45.4 Å². The minimum atomic E-state index is -0.425. The molecule has 1 atom stereocenters. The van der Waals surface area contributed by atoms with Gasteiger partial charge in [-0.2, -0.15) is 0 Å². The molecule has 0 bridgehead atoms. The smallest absolute Gasteiger partial charge is 0.273 e. The molecule has 1 aliphatic carbocycles. The van der Waals surface area contributed by atoms with Crippen LogP contribution < -0.4 is 15.5 Å². The number of nitrogens with zero attached hydrogens (tertiary/aromatic N) is 2. The van der Waals surface area contributed by atoms with Crippen molar-refractivity contribution in [3.05, 3.63) is 75.8 Å². The number of aromatic nitrogens is 1. The Bertz CT molecular complexity index is 1480. The number of pyridine rings is 1. The molecule has 0 saturated heterocycles. The molecule has 2 amide bonds. The maximum atomic E-state index is 13.1. The number of benzene rings is 2. The van der Waals surface area contributed by atoms with Gasteiger partial charge in [0.05, 0.1) is 17.8 Å². The van der Waals surface area contributed by atoms with E-state index < -0.39 is 5.91 Å². The highest BCUT2D eigenvalue weighted by Crippen LogP contribution is 2.43. The normalized spacial score (nSPS) is 16.6. The van der Waals surface area contributed by atoms with Gasteiger partial charge in [0.25, 0.3) is 11.8 Å². The summed E-state index contributed by atoms with van der Waals surface area (Å²) in [5.41, 5.74) is 10.5. The number of hydrogen-bond acceptors (Lipinski definition) is 5. The van der Waals surface area contributed by atoms with E-state index in [1.165, 1.54) is 16.1 Å². The topological polar surface area (TPSA) is 83.6 Å². The van der Waals surface area contributed by atoms with Crippen molar-refractivity contribution in [3.63, 3.8) is 0 Å². The van der Waals surface area contributed by atoms with Gasteiger partial charge in [0.1, 0.15) is 5.57 Å². The number of anilines is 1. The molecule has 2 aromatic carbocycles. The number of hydrogen-bond donors (Lipinski definition) is 2. The first-order valence-electron chi connectivity index (χ1n) is 13.4. The molecule has 7 nitrogen and oxygen atoms in total. The third kappa shape index (κ3) is 5.04. The number of amides is 2. The van der Waals surface area contributed by atoms with Gasteiger partial charge in [-0.05, 0) is 54.0 Å². The lowest BCUT2D eigenvalue weighted by Crippen LogP contribution is -2.46. The molecular weight excluding hydrogens is 512 g/mol. The maximum absolute atomic E-state index is 13.1. The van der Waals surface area contributed by atoms with Crippen LogP contribution in [0.1, 0.15) is 49.3 Å². The van der Waals surface area contributed by atoms with Gasteiger partial charge in [-0.1, -0.05) is 68.3 Å². The molecule has 8 heteroatoms. The number of rotatable bonds is 7. The lowest BCUT2D eigenvalue weighted by molar-refractivity contribution is -0.131. The molecule has 0 fully saturated rings. The number of hydrazine groups is 1. The summed E-state index contributed by atoms with van der Waals surface area (Å²) in [5, 5.41) is 4.90. The Morgan fingerprint density at radius 1 is 1.21 bits per heavy atom. The fraction of sp³-hybridized carbons (Fsp3) is 0.323. The average Bonchev–Trinajstić information content (AvgIpc) is 3.31. The zero-order valence-electron chi connectivity index (χ0n) is 22.7. The van der Waals surface area contributed by atoms with Gasteiger partial charge in [-0.25, -0.2) is 10.4 Å². The number of likely N-dealkylation sites (N-methyl/N-ethyl adjacent to an activating group) is 1. The third-order valence-electron chi connectivity index (χ3n) is 7.55. The van der Waals surface area contributed by atoms with E-state index in [1.807, 2.05) is 36.4 Å². The van der Waals surface area contributed by atoms with Crippen LogP contribution in [-0.2, 0) is 22.4 Å². The lowest BCUT2D eigenvalue weighted by atomic mass is 9.93. The number of halogens is 1. The first-order chi connectivity index (χ1) is 18.8. The van der Waals surface area contributed by atoms with E-state index in [9.17, 15) is 9.59 Å². The summed E-state index contributed by atoms with van der Waals surface area (Å²) < 4.78 is 5.68. The van der Waals surface area contributed by atoms with Gasteiger partial charge in [0.2, 0.25) is 5.88 Å². The fourth-order valence-electron chi connectivity index (χ4n) is 5.54. The number of ether oxygens (including phenoxy) is 1.